The van der Waals surface area contributed by atoms with Gasteiger partial charge in [-0.05, 0) is 0 Å². The fraction of sp³-hybridized carbons (Fsp3) is 0. The molecule has 0 saturated heterocycles. The summed E-state index contributed by atoms with van der Waals surface area (Å²) in [6.45, 7) is 0. The first-order valence-electron chi connectivity index (χ1n) is 0. The molecule has 0 aliphatic heterocycles. The van der Waals surface area contributed by atoms with Gasteiger partial charge in [0, 0.05) is 78.0 Å². The maximum atomic E-state index is 0. The van der Waals surface area contributed by atoms with Gasteiger partial charge in [0.05, 0.1) is 0 Å². The fourth-order valence-electron chi connectivity index (χ4n) is 0. The molecule has 0 aromatic heterocycles. The van der Waals surface area contributed by atoms with Crippen LogP contribution in [0.15, 0.2) is 0 Å². The Morgan fingerprint density at radius 2 is 1.00 bits per heavy atom. The summed E-state index contributed by atoms with van der Waals surface area (Å²) in [4.78, 5) is 0. The minimum absolute atomic E-state index is 0. The van der Waals surface area contributed by atoms with E-state index in [-0.39, 0.29) is 88.1 Å². The third kappa shape index (κ3) is 20.5. The summed E-state index contributed by atoms with van der Waals surface area (Å²) in [6, 6.07) is 0. The van der Waals surface area contributed by atoms with Crippen LogP contribution in [0.3, 0.4) is 0 Å². The van der Waals surface area contributed by atoms with Crippen LogP contribution in [0.25, 0.3) is 0 Å². The van der Waals surface area contributed by atoms with Crippen LogP contribution in [0, 0.1) is 0 Å². The molecule has 0 spiro atoms. The number of hydrogen-bond acceptors (Lipinski definition) is 0. The molecular weight excluding hydrogens is 275 g/mol. The molecule has 0 fully saturated rings. The van der Waals surface area contributed by atoms with Gasteiger partial charge in [-0.15, -0.1) is 0 Å². The van der Waals surface area contributed by atoms with Crippen molar-refractivity contribution in [2.45, 2.75) is 0 Å². The Hall–Kier alpha value is 2.65. The first-order valence-corrected chi connectivity index (χ1v) is 0. The molecule has 0 rings (SSSR count). The van der Waals surface area contributed by atoms with Crippen LogP contribution in [-0.4, -0.2) is 10.1 Å². The second-order valence-corrected chi connectivity index (χ2v) is 0. The van der Waals surface area contributed by atoms with E-state index in [1.807, 2.05) is 0 Å². The number of hydrogen-bond donors (Lipinski definition) is 0. The van der Waals surface area contributed by atoms with Crippen molar-refractivity contribution >= 4 is 10.1 Å². The van der Waals surface area contributed by atoms with Crippen molar-refractivity contribution in [1.29, 1.82) is 0 Å². The van der Waals surface area contributed by atoms with Crippen molar-refractivity contribution in [2.24, 2.45) is 0 Å². The molecule has 0 N–H and O–H groups in total. The summed E-state index contributed by atoms with van der Waals surface area (Å²) < 4.78 is 0. The molecule has 0 bridgehead atoms. The SMILES string of the molecule is [Ag].[BeH2].[Cr].[Ni].[Ti]. The standard InChI is InChI=1S/Ag.Be.Cr.Ni.Ti.2H. The van der Waals surface area contributed by atoms with Gasteiger partial charge in [-0.3, -0.25) is 0 Å². The summed E-state index contributed by atoms with van der Waals surface area (Å²) in [7, 11) is 0. The Balaban J connectivity index is 0. The van der Waals surface area contributed by atoms with Crippen molar-refractivity contribution < 1.29 is 78.0 Å². The molecule has 0 atom stereocenters. The Morgan fingerprint density at radius 1 is 1.00 bits per heavy atom. The third-order valence-electron chi connectivity index (χ3n) is 0. The summed E-state index contributed by atoms with van der Waals surface area (Å²) in [5.74, 6) is 0. The molecule has 1 radical (unpaired) electrons. The van der Waals surface area contributed by atoms with Crippen LogP contribution in [-0.2, 0) is 78.0 Å². The third-order valence-corrected chi connectivity index (χ3v) is 0. The van der Waals surface area contributed by atoms with Gasteiger partial charge in [-0.25, -0.2) is 0 Å². The monoisotopic (exact) mass is 276 g/mol. The first-order chi connectivity index (χ1) is 0. The number of rotatable bonds is 0. The molecule has 35 valence electrons. The van der Waals surface area contributed by atoms with Crippen molar-refractivity contribution in [3.05, 3.63) is 0 Å². The largest absolute Gasteiger partial charge is 0 e. The van der Waals surface area contributed by atoms with Crippen molar-refractivity contribution in [3.8, 4) is 0 Å². The van der Waals surface area contributed by atoms with Crippen LogP contribution < -0.4 is 0 Å². The van der Waals surface area contributed by atoms with Gasteiger partial charge in [0.1, 0.15) is 0 Å². The van der Waals surface area contributed by atoms with Gasteiger partial charge < -0.3 is 0 Å². The van der Waals surface area contributed by atoms with Gasteiger partial charge in [0.2, 0.25) is 0 Å². The van der Waals surface area contributed by atoms with Crippen LogP contribution in [0.1, 0.15) is 0 Å². The van der Waals surface area contributed by atoms with E-state index in [0.717, 1.165) is 0 Å². The molecule has 5 heteroatoms. The predicted molar refractivity (Wildman–Crippen MR) is 8.54 cm³/mol. The zero-order valence-electron chi connectivity index (χ0n) is 1.53. The average Bonchev–Trinajstić information content (AvgIpc) is 0. The maximum absolute atomic E-state index is 0. The molecule has 0 aromatic rings. The second-order valence-electron chi connectivity index (χ2n) is 0. The zero-order valence-corrected chi connectivity index (χ0v) is 6.83. The molecule has 5 heavy (non-hydrogen) atoms. The molecule has 0 amide bonds. The molecule has 0 aliphatic carbocycles. The van der Waals surface area contributed by atoms with Crippen LogP contribution in [0.5, 0.6) is 0 Å². The Kier molecular flexibility index (Phi) is 291. The molecule has 0 aliphatic rings. The van der Waals surface area contributed by atoms with Gasteiger partial charge in [0.15, 0.2) is 0 Å². The van der Waals surface area contributed by atoms with E-state index in [1.165, 1.54) is 0 Å². The summed E-state index contributed by atoms with van der Waals surface area (Å²) in [5.41, 5.74) is 0. The topological polar surface area (TPSA) is 0 Å². The first kappa shape index (κ1) is 48.2. The van der Waals surface area contributed by atoms with Crippen molar-refractivity contribution in [2.75, 3.05) is 0 Å². The van der Waals surface area contributed by atoms with E-state index < -0.39 is 0 Å². The smallest absolute Gasteiger partial charge is 0 e. The average molecular weight is 277 g/mol. The fourth-order valence-corrected chi connectivity index (χ4v) is 0. The molecule has 0 unspecified atom stereocenters. The Morgan fingerprint density at radius 3 is 1.00 bits per heavy atom. The maximum Gasteiger partial charge on any atom is 0 e. The molecule has 0 saturated carbocycles. The molecule has 0 heterocycles. The minimum Gasteiger partial charge on any atom is 0 e. The van der Waals surface area contributed by atoms with E-state index in [9.17, 15) is 0 Å². The van der Waals surface area contributed by atoms with Crippen LogP contribution in [0.4, 0.5) is 0 Å². The normalized spacial score (nSPS) is 0. The van der Waals surface area contributed by atoms with Gasteiger partial charge in [0.25, 0.3) is 0 Å². The Labute approximate surface area is 86.9 Å². The summed E-state index contributed by atoms with van der Waals surface area (Å²) >= 11 is 0. The van der Waals surface area contributed by atoms with E-state index >= 15 is 0 Å². The molecule has 0 nitrogen and oxygen atoms in total. The molecular formula is H2AgBeCrNiTi. The van der Waals surface area contributed by atoms with Gasteiger partial charge in [-0.2, -0.15) is 0 Å². The van der Waals surface area contributed by atoms with E-state index in [4.69, 9.17) is 0 Å². The summed E-state index contributed by atoms with van der Waals surface area (Å²) in [5, 5.41) is 0. The van der Waals surface area contributed by atoms with Crippen LogP contribution >= 0.6 is 0 Å². The van der Waals surface area contributed by atoms with Crippen molar-refractivity contribution in [1.82, 2.24) is 0 Å². The van der Waals surface area contributed by atoms with E-state index in [0.29, 0.717) is 0 Å². The predicted octanol–water partition coefficient (Wildman–Crippen LogP) is -0.926. The van der Waals surface area contributed by atoms with Crippen LogP contribution in [0.2, 0.25) is 0 Å². The quantitative estimate of drug-likeness (QED) is 0.502. The van der Waals surface area contributed by atoms with Crippen molar-refractivity contribution in [3.63, 3.8) is 0 Å². The zero-order chi connectivity index (χ0) is 0. The molecule has 0 aromatic carbocycles. The second kappa shape index (κ2) is 30.2. The minimum atomic E-state index is 0. The summed E-state index contributed by atoms with van der Waals surface area (Å²) in [6.07, 6.45) is 0. The van der Waals surface area contributed by atoms with E-state index in [1.54, 1.807) is 0 Å². The van der Waals surface area contributed by atoms with Gasteiger partial charge >= 0.3 is 10.1 Å². The Bertz CT molecular complexity index is 11.6. The van der Waals surface area contributed by atoms with Gasteiger partial charge in [-0.1, -0.05) is 0 Å². The van der Waals surface area contributed by atoms with E-state index in [2.05, 4.69) is 0 Å².